The van der Waals surface area contributed by atoms with E-state index in [4.69, 9.17) is 9.47 Å². The van der Waals surface area contributed by atoms with Gasteiger partial charge in [0.25, 0.3) is 5.56 Å². The molecule has 1 unspecified atom stereocenters. The van der Waals surface area contributed by atoms with Crippen LogP contribution in [0.15, 0.2) is 47.3 Å². The summed E-state index contributed by atoms with van der Waals surface area (Å²) in [4.78, 5) is 12.6. The minimum absolute atomic E-state index is 0.0736. The number of rotatable bonds is 3. The van der Waals surface area contributed by atoms with Crippen LogP contribution < -0.4 is 15.0 Å². The van der Waals surface area contributed by atoms with Crippen LogP contribution in [0.3, 0.4) is 0 Å². The van der Waals surface area contributed by atoms with Crippen LogP contribution in [-0.4, -0.2) is 21.7 Å². The van der Waals surface area contributed by atoms with E-state index in [0.29, 0.717) is 22.4 Å². The molecule has 0 bridgehead atoms. The highest BCUT2D eigenvalue weighted by molar-refractivity contribution is 5.83. The average molecular weight is 324 g/mol. The minimum atomic E-state index is -0.870. The lowest BCUT2D eigenvalue weighted by Gasteiger charge is -2.14. The van der Waals surface area contributed by atoms with Crippen molar-refractivity contribution >= 4 is 10.8 Å². The van der Waals surface area contributed by atoms with Gasteiger partial charge in [0.2, 0.25) is 6.79 Å². The van der Waals surface area contributed by atoms with Crippen molar-refractivity contribution in [3.8, 4) is 11.5 Å². The first-order chi connectivity index (χ1) is 11.6. The van der Waals surface area contributed by atoms with E-state index in [0.717, 1.165) is 11.1 Å². The summed E-state index contributed by atoms with van der Waals surface area (Å²) in [5.41, 5.74) is 1.19. The molecular formula is C18H16N2O4. The fourth-order valence-corrected chi connectivity index (χ4v) is 2.92. The van der Waals surface area contributed by atoms with Gasteiger partial charge in [-0.2, -0.15) is 5.10 Å². The van der Waals surface area contributed by atoms with Crippen LogP contribution >= 0.6 is 0 Å². The van der Waals surface area contributed by atoms with E-state index < -0.39 is 6.10 Å². The number of aliphatic hydroxyl groups is 1. The zero-order valence-corrected chi connectivity index (χ0v) is 13.1. The molecule has 3 aromatic rings. The Kier molecular flexibility index (Phi) is 3.46. The Balaban J connectivity index is 1.69. The number of benzene rings is 2. The van der Waals surface area contributed by atoms with Crippen molar-refractivity contribution in [1.29, 1.82) is 0 Å². The summed E-state index contributed by atoms with van der Waals surface area (Å²) in [7, 11) is 0. The smallest absolute Gasteiger partial charge is 0.274 e. The van der Waals surface area contributed by atoms with Crippen LogP contribution in [0.1, 0.15) is 17.4 Å². The van der Waals surface area contributed by atoms with E-state index in [2.05, 4.69) is 5.10 Å². The van der Waals surface area contributed by atoms with Crippen molar-refractivity contribution < 1.29 is 14.6 Å². The highest BCUT2D eigenvalue weighted by atomic mass is 16.7. The molecule has 24 heavy (non-hydrogen) atoms. The molecule has 0 aliphatic carbocycles. The summed E-state index contributed by atoms with van der Waals surface area (Å²) in [6, 6.07) is 12.6. The largest absolute Gasteiger partial charge is 0.454 e. The lowest BCUT2D eigenvalue weighted by atomic mass is 10.1. The molecule has 0 amide bonds. The molecule has 1 atom stereocenters. The average Bonchev–Trinajstić information content (AvgIpc) is 3.07. The monoisotopic (exact) mass is 324 g/mol. The molecule has 1 aliphatic heterocycles. The van der Waals surface area contributed by atoms with Gasteiger partial charge in [-0.05, 0) is 30.7 Å². The van der Waals surface area contributed by atoms with E-state index in [1.807, 2.05) is 25.1 Å². The Morgan fingerprint density at radius 1 is 1.17 bits per heavy atom. The molecule has 2 aromatic carbocycles. The normalized spacial score (nSPS) is 14.1. The standard InChI is InChI=1S/C18H16N2O4/c1-11-13-4-2-3-5-14(13)18(22)20(19-11)9-15(21)12-6-7-16-17(8-12)24-10-23-16/h2-8,15,21H,9-10H2,1H3. The molecule has 122 valence electrons. The van der Waals surface area contributed by atoms with Crippen molar-refractivity contribution in [2.75, 3.05) is 6.79 Å². The van der Waals surface area contributed by atoms with Crippen LogP contribution in [0, 0.1) is 6.92 Å². The van der Waals surface area contributed by atoms with Crippen LogP contribution in [0.4, 0.5) is 0 Å². The number of aromatic nitrogens is 2. The van der Waals surface area contributed by atoms with Crippen molar-refractivity contribution in [3.63, 3.8) is 0 Å². The van der Waals surface area contributed by atoms with E-state index in [1.54, 1.807) is 24.3 Å². The minimum Gasteiger partial charge on any atom is -0.454 e. The number of nitrogens with zero attached hydrogens (tertiary/aromatic N) is 2. The maximum atomic E-state index is 12.6. The molecule has 1 aromatic heterocycles. The maximum Gasteiger partial charge on any atom is 0.274 e. The first-order valence-corrected chi connectivity index (χ1v) is 7.67. The number of aryl methyl sites for hydroxylation is 1. The number of fused-ring (bicyclic) bond motifs is 2. The maximum absolute atomic E-state index is 12.6. The van der Waals surface area contributed by atoms with Gasteiger partial charge in [0.15, 0.2) is 11.5 Å². The van der Waals surface area contributed by atoms with Crippen LogP contribution in [0.25, 0.3) is 10.8 Å². The highest BCUT2D eigenvalue weighted by Crippen LogP contribution is 2.34. The number of hydrogen-bond donors (Lipinski definition) is 1. The fourth-order valence-electron chi connectivity index (χ4n) is 2.92. The molecular weight excluding hydrogens is 308 g/mol. The summed E-state index contributed by atoms with van der Waals surface area (Å²) < 4.78 is 11.9. The van der Waals surface area contributed by atoms with Gasteiger partial charge in [0.05, 0.1) is 23.7 Å². The summed E-state index contributed by atoms with van der Waals surface area (Å²) in [6.07, 6.45) is -0.870. The van der Waals surface area contributed by atoms with E-state index in [9.17, 15) is 9.90 Å². The van der Waals surface area contributed by atoms with Gasteiger partial charge in [0, 0.05) is 5.39 Å². The van der Waals surface area contributed by atoms with Gasteiger partial charge < -0.3 is 14.6 Å². The summed E-state index contributed by atoms with van der Waals surface area (Å²) >= 11 is 0. The molecule has 0 spiro atoms. The Morgan fingerprint density at radius 2 is 1.92 bits per heavy atom. The van der Waals surface area contributed by atoms with Gasteiger partial charge >= 0.3 is 0 Å². The highest BCUT2D eigenvalue weighted by Gasteiger charge is 2.18. The van der Waals surface area contributed by atoms with Crippen LogP contribution in [0.5, 0.6) is 11.5 Å². The molecule has 1 aliphatic rings. The van der Waals surface area contributed by atoms with Crippen molar-refractivity contribution in [3.05, 3.63) is 64.1 Å². The fraction of sp³-hybridized carbons (Fsp3) is 0.222. The molecule has 6 nitrogen and oxygen atoms in total. The molecule has 2 heterocycles. The zero-order chi connectivity index (χ0) is 16.7. The van der Waals surface area contributed by atoms with E-state index in [-0.39, 0.29) is 18.9 Å². The summed E-state index contributed by atoms with van der Waals surface area (Å²) in [5, 5.41) is 16.3. The molecule has 1 N–H and O–H groups in total. The van der Waals surface area contributed by atoms with Gasteiger partial charge in [-0.25, -0.2) is 4.68 Å². The molecule has 0 radical (unpaired) electrons. The van der Waals surface area contributed by atoms with E-state index in [1.165, 1.54) is 4.68 Å². The number of aliphatic hydroxyl groups excluding tert-OH is 1. The quantitative estimate of drug-likeness (QED) is 0.799. The van der Waals surface area contributed by atoms with Crippen LogP contribution in [-0.2, 0) is 6.54 Å². The van der Waals surface area contributed by atoms with E-state index >= 15 is 0 Å². The number of hydrogen-bond acceptors (Lipinski definition) is 5. The predicted molar refractivity (Wildman–Crippen MR) is 88.3 cm³/mol. The van der Waals surface area contributed by atoms with Gasteiger partial charge in [-0.15, -0.1) is 0 Å². The van der Waals surface area contributed by atoms with Crippen molar-refractivity contribution in [2.24, 2.45) is 0 Å². The lowest BCUT2D eigenvalue weighted by molar-refractivity contribution is 0.148. The third-order valence-corrected chi connectivity index (χ3v) is 4.18. The number of ether oxygens (including phenoxy) is 2. The molecule has 0 saturated heterocycles. The Bertz CT molecular complexity index is 980. The Labute approximate surface area is 137 Å². The predicted octanol–water partition coefficient (Wildman–Crippen LogP) is 2.17. The zero-order valence-electron chi connectivity index (χ0n) is 13.1. The molecule has 0 fully saturated rings. The topological polar surface area (TPSA) is 73.6 Å². The second-order valence-electron chi connectivity index (χ2n) is 5.75. The van der Waals surface area contributed by atoms with Crippen molar-refractivity contribution in [1.82, 2.24) is 9.78 Å². The second-order valence-corrected chi connectivity index (χ2v) is 5.75. The SMILES string of the molecule is Cc1nn(CC(O)c2ccc3c(c2)OCO3)c(=O)c2ccccc12. The first-order valence-electron chi connectivity index (χ1n) is 7.67. The van der Waals surface area contributed by atoms with Gasteiger partial charge in [-0.3, -0.25) is 4.79 Å². The Hall–Kier alpha value is -2.86. The summed E-state index contributed by atoms with van der Waals surface area (Å²) in [6.45, 7) is 2.11. The summed E-state index contributed by atoms with van der Waals surface area (Å²) in [5.74, 6) is 1.25. The first kappa shape index (κ1) is 14.7. The molecule has 0 saturated carbocycles. The van der Waals surface area contributed by atoms with Gasteiger partial charge in [-0.1, -0.05) is 24.3 Å². The molecule has 4 rings (SSSR count). The second kappa shape index (κ2) is 5.65. The molecule has 6 heteroatoms. The lowest BCUT2D eigenvalue weighted by Crippen LogP contribution is -2.26. The van der Waals surface area contributed by atoms with Gasteiger partial charge in [0.1, 0.15) is 0 Å². The Morgan fingerprint density at radius 3 is 2.75 bits per heavy atom. The third-order valence-electron chi connectivity index (χ3n) is 4.18. The third kappa shape index (κ3) is 2.41. The van der Waals surface area contributed by atoms with Crippen LogP contribution in [0.2, 0.25) is 0 Å². The van der Waals surface area contributed by atoms with Crippen molar-refractivity contribution in [2.45, 2.75) is 19.6 Å².